The first-order valence-corrected chi connectivity index (χ1v) is 4.03. The SMILES string of the molecule is NC(=O)CN(CCCO)CC(F)(F)F. The standard InChI is InChI=1S/C7H13F3N2O2/c8-7(9,10)5-12(2-1-3-13)4-6(11)14/h13H,1-5H2,(H2,11,14). The molecule has 4 nitrogen and oxygen atoms in total. The summed E-state index contributed by atoms with van der Waals surface area (Å²) in [5, 5.41) is 8.42. The number of hydrogen-bond acceptors (Lipinski definition) is 3. The number of alkyl halides is 3. The maximum atomic E-state index is 11.9. The highest BCUT2D eigenvalue weighted by molar-refractivity contribution is 5.75. The normalized spacial score (nSPS) is 12.1. The fourth-order valence-corrected chi connectivity index (χ4v) is 0.982. The lowest BCUT2D eigenvalue weighted by Gasteiger charge is -2.21. The van der Waals surface area contributed by atoms with E-state index in [1.54, 1.807) is 0 Å². The Labute approximate surface area is 79.5 Å². The van der Waals surface area contributed by atoms with Gasteiger partial charge in [-0.25, -0.2) is 0 Å². The smallest absolute Gasteiger partial charge is 0.396 e. The largest absolute Gasteiger partial charge is 0.401 e. The molecule has 0 fully saturated rings. The molecule has 0 saturated heterocycles. The van der Waals surface area contributed by atoms with E-state index in [9.17, 15) is 18.0 Å². The monoisotopic (exact) mass is 214 g/mol. The second-order valence-electron chi connectivity index (χ2n) is 2.87. The van der Waals surface area contributed by atoms with E-state index in [1.807, 2.05) is 0 Å². The molecule has 0 atom stereocenters. The molecule has 0 aromatic carbocycles. The summed E-state index contributed by atoms with van der Waals surface area (Å²) >= 11 is 0. The van der Waals surface area contributed by atoms with Gasteiger partial charge in [-0.1, -0.05) is 0 Å². The Hall–Kier alpha value is -0.820. The predicted octanol–water partition coefficient (Wildman–Crippen LogP) is -0.282. The summed E-state index contributed by atoms with van der Waals surface area (Å²) in [5.41, 5.74) is 4.77. The van der Waals surface area contributed by atoms with Gasteiger partial charge in [-0.3, -0.25) is 9.69 Å². The molecule has 0 aromatic rings. The number of nitrogens with zero attached hydrogens (tertiary/aromatic N) is 1. The van der Waals surface area contributed by atoms with Gasteiger partial charge in [0.2, 0.25) is 5.91 Å². The van der Waals surface area contributed by atoms with Crippen molar-refractivity contribution < 1.29 is 23.1 Å². The van der Waals surface area contributed by atoms with E-state index in [-0.39, 0.29) is 19.6 Å². The molecule has 0 saturated carbocycles. The highest BCUT2D eigenvalue weighted by atomic mass is 19.4. The number of nitrogens with two attached hydrogens (primary N) is 1. The Morgan fingerprint density at radius 2 is 2.00 bits per heavy atom. The lowest BCUT2D eigenvalue weighted by atomic mass is 10.3. The van der Waals surface area contributed by atoms with Crippen LogP contribution in [0.3, 0.4) is 0 Å². The Morgan fingerprint density at radius 3 is 2.36 bits per heavy atom. The molecule has 84 valence electrons. The minimum Gasteiger partial charge on any atom is -0.396 e. The van der Waals surface area contributed by atoms with Crippen molar-refractivity contribution in [1.82, 2.24) is 4.90 Å². The van der Waals surface area contributed by atoms with Crippen molar-refractivity contribution in [1.29, 1.82) is 0 Å². The first-order chi connectivity index (χ1) is 6.35. The fourth-order valence-electron chi connectivity index (χ4n) is 0.982. The fraction of sp³-hybridized carbons (Fsp3) is 0.857. The summed E-state index contributed by atoms with van der Waals surface area (Å²) in [6.07, 6.45) is -4.17. The average molecular weight is 214 g/mol. The lowest BCUT2D eigenvalue weighted by molar-refractivity contribution is -0.148. The quantitative estimate of drug-likeness (QED) is 0.639. The van der Waals surface area contributed by atoms with E-state index >= 15 is 0 Å². The van der Waals surface area contributed by atoms with Crippen LogP contribution < -0.4 is 5.73 Å². The zero-order valence-corrected chi connectivity index (χ0v) is 7.55. The molecule has 0 rings (SSSR count). The summed E-state index contributed by atoms with van der Waals surface area (Å²) < 4.78 is 35.8. The van der Waals surface area contributed by atoms with Crippen LogP contribution in [-0.4, -0.2) is 48.3 Å². The van der Waals surface area contributed by atoms with Crippen molar-refractivity contribution in [2.75, 3.05) is 26.2 Å². The summed E-state index contributed by atoms with van der Waals surface area (Å²) in [6.45, 7) is -1.85. The highest BCUT2D eigenvalue weighted by Gasteiger charge is 2.30. The lowest BCUT2D eigenvalue weighted by Crippen LogP contribution is -2.40. The van der Waals surface area contributed by atoms with Crippen LogP contribution in [0, 0.1) is 0 Å². The zero-order chi connectivity index (χ0) is 11.2. The van der Waals surface area contributed by atoms with Gasteiger partial charge < -0.3 is 10.8 Å². The van der Waals surface area contributed by atoms with Crippen LogP contribution in [0.5, 0.6) is 0 Å². The molecule has 0 aliphatic carbocycles. The van der Waals surface area contributed by atoms with Crippen LogP contribution in [0.4, 0.5) is 13.2 Å². The summed E-state index contributed by atoms with van der Waals surface area (Å²) in [4.78, 5) is 11.3. The third-order valence-electron chi connectivity index (χ3n) is 1.41. The molecule has 0 aliphatic rings. The number of carbonyl (C=O) groups is 1. The van der Waals surface area contributed by atoms with Gasteiger partial charge in [0.1, 0.15) is 0 Å². The number of rotatable bonds is 6. The number of halogens is 3. The van der Waals surface area contributed by atoms with Crippen LogP contribution >= 0.6 is 0 Å². The Morgan fingerprint density at radius 1 is 1.43 bits per heavy atom. The maximum Gasteiger partial charge on any atom is 0.401 e. The number of carbonyl (C=O) groups excluding carboxylic acids is 1. The third-order valence-corrected chi connectivity index (χ3v) is 1.41. The molecule has 0 radical (unpaired) electrons. The number of hydrogen-bond donors (Lipinski definition) is 2. The minimum atomic E-state index is -4.36. The van der Waals surface area contributed by atoms with Crippen molar-refractivity contribution in [3.05, 3.63) is 0 Å². The van der Waals surface area contributed by atoms with Crippen LogP contribution in [-0.2, 0) is 4.79 Å². The van der Waals surface area contributed by atoms with Gasteiger partial charge in [-0.15, -0.1) is 0 Å². The van der Waals surface area contributed by atoms with Crippen LogP contribution in [0.1, 0.15) is 6.42 Å². The van der Waals surface area contributed by atoms with Crippen molar-refractivity contribution >= 4 is 5.91 Å². The van der Waals surface area contributed by atoms with E-state index in [2.05, 4.69) is 0 Å². The second-order valence-corrected chi connectivity index (χ2v) is 2.87. The molecule has 0 spiro atoms. The van der Waals surface area contributed by atoms with Gasteiger partial charge in [0, 0.05) is 13.2 Å². The first kappa shape index (κ1) is 13.2. The van der Waals surface area contributed by atoms with Crippen molar-refractivity contribution in [3.63, 3.8) is 0 Å². The predicted molar refractivity (Wildman–Crippen MR) is 43.4 cm³/mol. The van der Waals surface area contributed by atoms with Gasteiger partial charge in [-0.2, -0.15) is 13.2 Å². The Bertz CT molecular complexity index is 184. The van der Waals surface area contributed by atoms with Gasteiger partial charge in [0.15, 0.2) is 0 Å². The molecule has 3 N–H and O–H groups in total. The molecule has 0 aromatic heterocycles. The molecule has 0 heterocycles. The number of amides is 1. The summed E-state index contributed by atoms with van der Waals surface area (Å²) in [6, 6.07) is 0. The van der Waals surface area contributed by atoms with E-state index in [1.165, 1.54) is 0 Å². The van der Waals surface area contributed by atoms with E-state index < -0.39 is 25.2 Å². The third kappa shape index (κ3) is 7.81. The molecule has 14 heavy (non-hydrogen) atoms. The number of aliphatic hydroxyl groups is 1. The topological polar surface area (TPSA) is 66.6 Å². The average Bonchev–Trinajstić information content (AvgIpc) is 1.96. The maximum absolute atomic E-state index is 11.9. The van der Waals surface area contributed by atoms with Crippen molar-refractivity contribution in [2.24, 2.45) is 5.73 Å². The van der Waals surface area contributed by atoms with E-state index in [4.69, 9.17) is 10.8 Å². The Balaban J connectivity index is 4.03. The Kier molecular flexibility index (Phi) is 5.47. The summed E-state index contributed by atoms with van der Waals surface area (Å²) in [7, 11) is 0. The molecule has 7 heteroatoms. The van der Waals surface area contributed by atoms with Gasteiger partial charge in [0.25, 0.3) is 0 Å². The molecule has 0 bridgehead atoms. The van der Waals surface area contributed by atoms with E-state index in [0.29, 0.717) is 0 Å². The van der Waals surface area contributed by atoms with Crippen LogP contribution in [0.25, 0.3) is 0 Å². The molecular weight excluding hydrogens is 201 g/mol. The summed E-state index contributed by atoms with van der Waals surface area (Å²) in [5.74, 6) is -0.813. The molecule has 1 amide bonds. The van der Waals surface area contributed by atoms with E-state index in [0.717, 1.165) is 4.90 Å². The minimum absolute atomic E-state index is 0.00104. The van der Waals surface area contributed by atoms with Crippen LogP contribution in [0.2, 0.25) is 0 Å². The van der Waals surface area contributed by atoms with Crippen molar-refractivity contribution in [3.8, 4) is 0 Å². The first-order valence-electron chi connectivity index (χ1n) is 4.03. The molecular formula is C7H13F3N2O2. The van der Waals surface area contributed by atoms with Gasteiger partial charge in [-0.05, 0) is 6.42 Å². The number of aliphatic hydroxyl groups excluding tert-OH is 1. The van der Waals surface area contributed by atoms with Gasteiger partial charge >= 0.3 is 6.18 Å². The van der Waals surface area contributed by atoms with Crippen LogP contribution in [0.15, 0.2) is 0 Å². The second kappa shape index (κ2) is 5.82. The van der Waals surface area contributed by atoms with Gasteiger partial charge in [0.05, 0.1) is 13.1 Å². The molecule has 0 aliphatic heterocycles. The highest BCUT2D eigenvalue weighted by Crippen LogP contribution is 2.16. The zero-order valence-electron chi connectivity index (χ0n) is 7.55. The molecule has 0 unspecified atom stereocenters. The number of primary amides is 1. The van der Waals surface area contributed by atoms with Crippen molar-refractivity contribution in [2.45, 2.75) is 12.6 Å².